The summed E-state index contributed by atoms with van der Waals surface area (Å²) in [5.74, 6) is 3.47. The first kappa shape index (κ1) is 23.7. The van der Waals surface area contributed by atoms with E-state index in [1.54, 1.807) is 0 Å². The molecule has 0 bridgehead atoms. The summed E-state index contributed by atoms with van der Waals surface area (Å²) in [5.41, 5.74) is 8.43. The molecule has 0 spiro atoms. The first-order valence-electron chi connectivity index (χ1n) is 10.2. The minimum atomic E-state index is -0.281. The summed E-state index contributed by atoms with van der Waals surface area (Å²) in [6, 6.07) is 0. The molecule has 0 saturated carbocycles. The van der Waals surface area contributed by atoms with Crippen LogP contribution in [0.25, 0.3) is 10.4 Å². The number of halogens is 1. The number of ether oxygens (including phenoxy) is 2. The van der Waals surface area contributed by atoms with Crippen LogP contribution in [0.15, 0.2) is 5.11 Å². The Hall–Kier alpha value is -0.290. The lowest BCUT2D eigenvalue weighted by Crippen LogP contribution is -2.43. The first-order valence-corrected chi connectivity index (χ1v) is 11.1. The van der Waals surface area contributed by atoms with Gasteiger partial charge >= 0.3 is 0 Å². The molecule has 2 heterocycles. The number of hydrogen-bond donors (Lipinski definition) is 0. The van der Waals surface area contributed by atoms with Crippen molar-refractivity contribution in [3.8, 4) is 0 Å². The van der Waals surface area contributed by atoms with Gasteiger partial charge in [-0.05, 0) is 53.9 Å². The fourth-order valence-corrected chi connectivity index (χ4v) is 4.85. The molecule has 152 valence electrons. The predicted octanol–water partition coefficient (Wildman–Crippen LogP) is 6.76. The molecular weight excluding hydrogens is 394 g/mol. The molecule has 2 saturated heterocycles. The van der Waals surface area contributed by atoms with Gasteiger partial charge in [0.25, 0.3) is 0 Å². The first-order chi connectivity index (χ1) is 12.2. The zero-order valence-electron chi connectivity index (χ0n) is 17.7. The van der Waals surface area contributed by atoms with Crippen LogP contribution in [0.4, 0.5) is 0 Å². The fourth-order valence-electron chi connectivity index (χ4n) is 4.09. The summed E-state index contributed by atoms with van der Waals surface area (Å²) < 4.78 is 11.6. The van der Waals surface area contributed by atoms with E-state index >= 15 is 0 Å². The smallest absolute Gasteiger partial charge is 0.139 e. The SMILES string of the molecule is CCC1O[C@@H](N=[N+]=[N-])C(C)[C@@H](C)[C@@H]1C.CCC1O[C@H](Br)C(C)[C@@H](C)[C@@H]1C. The molecule has 6 heteroatoms. The number of nitrogens with zero attached hydrogens (tertiary/aromatic N) is 3. The molecule has 2 aliphatic heterocycles. The summed E-state index contributed by atoms with van der Waals surface area (Å²) in [7, 11) is 0. The normalized spacial score (nSPS) is 45.9. The van der Waals surface area contributed by atoms with Gasteiger partial charge in [0.1, 0.15) is 11.2 Å². The van der Waals surface area contributed by atoms with Gasteiger partial charge in [-0.25, -0.2) is 0 Å². The molecule has 2 rings (SSSR count). The molecule has 5 nitrogen and oxygen atoms in total. The van der Waals surface area contributed by atoms with Crippen LogP contribution in [-0.2, 0) is 9.47 Å². The van der Waals surface area contributed by atoms with Crippen LogP contribution in [0.5, 0.6) is 0 Å². The lowest BCUT2D eigenvalue weighted by Gasteiger charge is -2.41. The van der Waals surface area contributed by atoms with Crippen LogP contribution in [0.2, 0.25) is 0 Å². The summed E-state index contributed by atoms with van der Waals surface area (Å²) in [4.78, 5) is 2.84. The van der Waals surface area contributed by atoms with E-state index in [4.69, 9.17) is 15.0 Å². The van der Waals surface area contributed by atoms with Gasteiger partial charge in [0.2, 0.25) is 0 Å². The van der Waals surface area contributed by atoms with E-state index in [9.17, 15) is 0 Å². The maximum Gasteiger partial charge on any atom is 0.139 e. The Labute approximate surface area is 168 Å². The Balaban J connectivity index is 0.000000263. The van der Waals surface area contributed by atoms with E-state index < -0.39 is 0 Å². The van der Waals surface area contributed by atoms with Crippen LogP contribution in [-0.4, -0.2) is 23.4 Å². The van der Waals surface area contributed by atoms with Gasteiger partial charge in [-0.1, -0.05) is 76.4 Å². The van der Waals surface area contributed by atoms with Crippen molar-refractivity contribution in [1.82, 2.24) is 0 Å². The van der Waals surface area contributed by atoms with Crippen LogP contribution in [0, 0.1) is 35.5 Å². The minimum Gasteiger partial charge on any atom is -0.368 e. The van der Waals surface area contributed by atoms with E-state index in [1.165, 1.54) is 0 Å². The van der Waals surface area contributed by atoms with E-state index in [-0.39, 0.29) is 17.3 Å². The fraction of sp³-hybridized carbons (Fsp3) is 1.00. The Kier molecular flexibility index (Phi) is 9.95. The van der Waals surface area contributed by atoms with Crippen LogP contribution in [0.3, 0.4) is 0 Å². The topological polar surface area (TPSA) is 67.2 Å². The molecule has 0 radical (unpaired) electrons. The number of alkyl halides is 1. The molecule has 4 unspecified atom stereocenters. The van der Waals surface area contributed by atoms with Gasteiger partial charge < -0.3 is 9.47 Å². The van der Waals surface area contributed by atoms with Gasteiger partial charge in [0.05, 0.1) is 12.2 Å². The molecule has 2 fully saturated rings. The van der Waals surface area contributed by atoms with Crippen molar-refractivity contribution in [3.63, 3.8) is 0 Å². The monoisotopic (exact) mass is 431 g/mol. The van der Waals surface area contributed by atoms with Crippen molar-refractivity contribution in [2.75, 3.05) is 0 Å². The van der Waals surface area contributed by atoms with E-state index in [0.717, 1.165) is 18.8 Å². The number of hydrogen-bond acceptors (Lipinski definition) is 3. The van der Waals surface area contributed by atoms with Crippen molar-refractivity contribution in [3.05, 3.63) is 10.4 Å². The van der Waals surface area contributed by atoms with Crippen molar-refractivity contribution >= 4 is 15.9 Å². The van der Waals surface area contributed by atoms with Gasteiger partial charge in [0, 0.05) is 4.91 Å². The highest BCUT2D eigenvalue weighted by Crippen LogP contribution is 2.38. The van der Waals surface area contributed by atoms with E-state index in [1.807, 2.05) is 0 Å². The summed E-state index contributed by atoms with van der Waals surface area (Å²) in [5, 5.41) is 3.96. The van der Waals surface area contributed by atoms with Crippen LogP contribution >= 0.6 is 15.9 Å². The Morgan fingerprint density at radius 3 is 1.69 bits per heavy atom. The lowest BCUT2D eigenvalue weighted by atomic mass is 9.78. The molecular formula is C20H38BrN3O2. The van der Waals surface area contributed by atoms with Crippen molar-refractivity contribution in [1.29, 1.82) is 0 Å². The zero-order valence-corrected chi connectivity index (χ0v) is 19.3. The highest BCUT2D eigenvalue weighted by atomic mass is 79.9. The second-order valence-electron chi connectivity index (χ2n) is 8.27. The number of azide groups is 1. The highest BCUT2D eigenvalue weighted by Gasteiger charge is 2.38. The number of rotatable bonds is 3. The largest absolute Gasteiger partial charge is 0.368 e. The molecule has 0 N–H and O–H groups in total. The predicted molar refractivity (Wildman–Crippen MR) is 111 cm³/mol. The van der Waals surface area contributed by atoms with Gasteiger partial charge in [-0.15, -0.1) is 0 Å². The third-order valence-corrected chi connectivity index (χ3v) is 7.99. The standard InChI is InChI=1S/C10H19BrO.C10H19N3O/c1-5-9-7(3)6(2)8(4)10(11)12-9;1-5-9-7(3)6(2)8(4)10(14-9)12-13-11/h6-10H,5H2,1-4H3;6-10H,5H2,1-4H3/t6-,7-,8?,9?,10-;6-,7-,8?,9?,10+/m00/s1. The molecule has 0 amide bonds. The Bertz CT molecular complexity index is 465. The average Bonchev–Trinajstić information content (AvgIpc) is 2.64. The summed E-state index contributed by atoms with van der Waals surface area (Å²) in [6.07, 6.45) is 2.50. The van der Waals surface area contributed by atoms with Crippen molar-refractivity contribution < 1.29 is 9.47 Å². The van der Waals surface area contributed by atoms with Crippen molar-refractivity contribution in [2.45, 2.75) is 91.7 Å². The van der Waals surface area contributed by atoms with Crippen molar-refractivity contribution in [2.24, 2.45) is 40.6 Å². The Morgan fingerprint density at radius 2 is 1.23 bits per heavy atom. The Morgan fingerprint density at radius 1 is 0.769 bits per heavy atom. The quantitative estimate of drug-likeness (QED) is 0.214. The second kappa shape index (κ2) is 10.9. The molecule has 26 heavy (non-hydrogen) atoms. The highest BCUT2D eigenvalue weighted by molar-refractivity contribution is 9.09. The summed E-state index contributed by atoms with van der Waals surface area (Å²) >= 11 is 3.58. The third-order valence-electron chi connectivity index (χ3n) is 6.94. The molecule has 2 aliphatic rings. The molecule has 0 aromatic heterocycles. The second-order valence-corrected chi connectivity index (χ2v) is 9.17. The van der Waals surface area contributed by atoms with Crippen LogP contribution in [0.1, 0.15) is 68.2 Å². The molecule has 0 aromatic carbocycles. The summed E-state index contributed by atoms with van der Waals surface area (Å²) in [6.45, 7) is 17.7. The molecule has 0 aromatic rings. The van der Waals surface area contributed by atoms with Gasteiger partial charge in [0.15, 0.2) is 0 Å². The molecule has 0 aliphatic carbocycles. The lowest BCUT2D eigenvalue weighted by molar-refractivity contribution is -0.130. The van der Waals surface area contributed by atoms with E-state index in [0.29, 0.717) is 35.7 Å². The minimum absolute atomic E-state index is 0.233. The van der Waals surface area contributed by atoms with Gasteiger partial charge in [-0.3, -0.25) is 0 Å². The average molecular weight is 432 g/mol. The molecule has 10 atom stereocenters. The maximum absolute atomic E-state index is 8.43. The van der Waals surface area contributed by atoms with Crippen LogP contribution < -0.4 is 0 Å². The zero-order chi connectivity index (χ0) is 20.0. The third kappa shape index (κ3) is 5.60. The van der Waals surface area contributed by atoms with E-state index in [2.05, 4.69) is 81.3 Å². The van der Waals surface area contributed by atoms with Gasteiger partial charge in [-0.2, -0.15) is 0 Å². The maximum atomic E-state index is 8.43.